The maximum Gasteiger partial charge on any atom is 0.255 e. The van der Waals surface area contributed by atoms with Crippen molar-refractivity contribution in [2.45, 2.75) is 0 Å². The zero-order chi connectivity index (χ0) is 12.8. The number of nitrogens with one attached hydrogen (secondary N) is 1. The van der Waals surface area contributed by atoms with Gasteiger partial charge in [0.2, 0.25) is 0 Å². The van der Waals surface area contributed by atoms with Gasteiger partial charge in [-0.15, -0.1) is 0 Å². The number of nitrogens with zero attached hydrogens (tertiary/aromatic N) is 1. The average Bonchev–Trinajstić information content (AvgIpc) is 2.34. The minimum Gasteiger partial charge on any atom is -0.385 e. The number of anilines is 1. The lowest BCUT2D eigenvalue weighted by Crippen LogP contribution is -2.29. The maximum absolute atomic E-state index is 13.5. The molecule has 0 aromatic heterocycles. The van der Waals surface area contributed by atoms with E-state index in [-0.39, 0.29) is 11.6 Å². The summed E-state index contributed by atoms with van der Waals surface area (Å²) in [6.45, 7) is 0.652. The monoisotopic (exact) mass is 256 g/mol. The van der Waals surface area contributed by atoms with Gasteiger partial charge in [0.25, 0.3) is 5.91 Å². The van der Waals surface area contributed by atoms with E-state index in [9.17, 15) is 9.18 Å². The molecule has 1 N–H and O–H groups in total. The number of rotatable bonds is 5. The number of benzene rings is 1. The molecule has 0 radical (unpaired) electrons. The summed E-state index contributed by atoms with van der Waals surface area (Å²) in [5, 5.41) is 2.73. The van der Waals surface area contributed by atoms with Crippen molar-refractivity contribution < 1.29 is 9.18 Å². The molecule has 0 aliphatic rings. The summed E-state index contributed by atoms with van der Waals surface area (Å²) in [7, 11) is 3.33. The van der Waals surface area contributed by atoms with Gasteiger partial charge in [0, 0.05) is 26.4 Å². The highest BCUT2D eigenvalue weighted by Crippen LogP contribution is 2.20. The Bertz CT molecular complexity index is 398. The topological polar surface area (TPSA) is 32.3 Å². The van der Waals surface area contributed by atoms with E-state index in [0.29, 0.717) is 12.1 Å². The fourth-order valence-corrected chi connectivity index (χ4v) is 1.95. The van der Waals surface area contributed by atoms with Crippen LogP contribution >= 0.6 is 11.8 Å². The Kier molecular flexibility index (Phi) is 5.28. The van der Waals surface area contributed by atoms with Crippen LogP contribution < -0.4 is 5.32 Å². The molecule has 5 heteroatoms. The van der Waals surface area contributed by atoms with E-state index in [0.717, 1.165) is 5.75 Å². The van der Waals surface area contributed by atoms with Gasteiger partial charge >= 0.3 is 0 Å². The molecule has 0 aliphatic carbocycles. The maximum atomic E-state index is 13.5. The van der Waals surface area contributed by atoms with Gasteiger partial charge in [-0.25, -0.2) is 4.39 Å². The fourth-order valence-electron chi connectivity index (χ4n) is 1.49. The van der Waals surface area contributed by atoms with E-state index in [1.165, 1.54) is 6.07 Å². The van der Waals surface area contributed by atoms with Crippen LogP contribution in [0.1, 0.15) is 10.4 Å². The highest BCUT2D eigenvalue weighted by molar-refractivity contribution is 7.98. The molecule has 0 heterocycles. The molecule has 1 rings (SSSR count). The second kappa shape index (κ2) is 6.49. The van der Waals surface area contributed by atoms with E-state index in [4.69, 9.17) is 0 Å². The van der Waals surface area contributed by atoms with Gasteiger partial charge < -0.3 is 10.2 Å². The number of thioether (sulfide) groups is 1. The lowest BCUT2D eigenvalue weighted by molar-refractivity contribution is 0.0804. The first kappa shape index (κ1) is 13.8. The van der Waals surface area contributed by atoms with Crippen LogP contribution in [0.5, 0.6) is 0 Å². The highest BCUT2D eigenvalue weighted by Gasteiger charge is 2.17. The standard InChI is InChI=1S/C12H17FN2OS/c1-14-11-9(5-4-6-10(11)13)12(16)15(2)7-8-17-3/h4-6,14H,7-8H2,1-3H3. The molecule has 0 saturated heterocycles. The summed E-state index contributed by atoms with van der Waals surface area (Å²) in [5.74, 6) is 0.298. The minimum atomic E-state index is -0.406. The van der Waals surface area contributed by atoms with Crippen molar-refractivity contribution in [1.29, 1.82) is 0 Å². The van der Waals surface area contributed by atoms with Crippen LogP contribution in [0.4, 0.5) is 10.1 Å². The Morgan fingerprint density at radius 3 is 2.82 bits per heavy atom. The largest absolute Gasteiger partial charge is 0.385 e. The normalized spacial score (nSPS) is 10.1. The van der Waals surface area contributed by atoms with Crippen molar-refractivity contribution in [1.82, 2.24) is 4.90 Å². The second-order valence-corrected chi connectivity index (χ2v) is 4.62. The summed E-state index contributed by atoms with van der Waals surface area (Å²) in [6, 6.07) is 4.52. The van der Waals surface area contributed by atoms with Gasteiger partial charge in [0.1, 0.15) is 5.82 Å². The number of hydrogen-bond donors (Lipinski definition) is 1. The molecule has 0 spiro atoms. The number of carbonyl (C=O) groups excluding carboxylic acids is 1. The van der Waals surface area contributed by atoms with E-state index < -0.39 is 5.82 Å². The Labute approximate surface area is 105 Å². The van der Waals surface area contributed by atoms with Crippen LogP contribution in [0, 0.1) is 5.82 Å². The summed E-state index contributed by atoms with van der Waals surface area (Å²) >= 11 is 1.67. The van der Waals surface area contributed by atoms with E-state index in [1.54, 1.807) is 42.9 Å². The molecule has 1 aromatic carbocycles. The molecule has 3 nitrogen and oxygen atoms in total. The van der Waals surface area contributed by atoms with Crippen molar-refractivity contribution in [2.75, 3.05) is 38.0 Å². The molecule has 0 bridgehead atoms. The fraction of sp³-hybridized carbons (Fsp3) is 0.417. The van der Waals surface area contributed by atoms with Crippen molar-refractivity contribution in [3.8, 4) is 0 Å². The lowest BCUT2D eigenvalue weighted by Gasteiger charge is -2.18. The van der Waals surface area contributed by atoms with Crippen LogP contribution in [0.3, 0.4) is 0 Å². The second-order valence-electron chi connectivity index (χ2n) is 3.63. The molecule has 0 saturated carbocycles. The van der Waals surface area contributed by atoms with E-state index >= 15 is 0 Å². The van der Waals surface area contributed by atoms with Crippen LogP contribution in [0.15, 0.2) is 18.2 Å². The first-order valence-corrected chi connectivity index (χ1v) is 6.71. The SMILES string of the molecule is CNc1c(F)cccc1C(=O)N(C)CCSC. The van der Waals surface area contributed by atoms with Crippen LogP contribution in [0.2, 0.25) is 0 Å². The average molecular weight is 256 g/mol. The molecule has 1 amide bonds. The highest BCUT2D eigenvalue weighted by atomic mass is 32.2. The van der Waals surface area contributed by atoms with Gasteiger partial charge in [-0.1, -0.05) is 6.07 Å². The molecular formula is C12H17FN2OS. The van der Waals surface area contributed by atoms with Crippen molar-refractivity contribution >= 4 is 23.4 Å². The van der Waals surface area contributed by atoms with E-state index in [2.05, 4.69) is 5.32 Å². The zero-order valence-electron chi connectivity index (χ0n) is 10.3. The molecule has 0 unspecified atom stereocenters. The van der Waals surface area contributed by atoms with E-state index in [1.807, 2.05) is 6.26 Å². The van der Waals surface area contributed by atoms with Crippen LogP contribution in [-0.2, 0) is 0 Å². The van der Waals surface area contributed by atoms with Crippen molar-refractivity contribution in [2.24, 2.45) is 0 Å². The molecule has 94 valence electrons. The number of amides is 1. The Morgan fingerprint density at radius 1 is 1.53 bits per heavy atom. The molecule has 0 aliphatic heterocycles. The lowest BCUT2D eigenvalue weighted by atomic mass is 10.1. The van der Waals surface area contributed by atoms with Crippen molar-refractivity contribution in [3.05, 3.63) is 29.6 Å². The predicted octanol–water partition coefficient (Wildman–Crippen LogP) is 2.30. The van der Waals surface area contributed by atoms with Gasteiger partial charge in [0.15, 0.2) is 0 Å². The third-order valence-corrected chi connectivity index (χ3v) is 3.06. The van der Waals surface area contributed by atoms with Gasteiger partial charge in [0.05, 0.1) is 11.3 Å². The number of carbonyl (C=O) groups is 1. The first-order valence-electron chi connectivity index (χ1n) is 5.32. The first-order chi connectivity index (χ1) is 8.11. The van der Waals surface area contributed by atoms with Gasteiger partial charge in [-0.05, 0) is 18.4 Å². The number of halogens is 1. The molecule has 0 atom stereocenters. The predicted molar refractivity (Wildman–Crippen MR) is 71.3 cm³/mol. The third kappa shape index (κ3) is 3.36. The Balaban J connectivity index is 2.92. The van der Waals surface area contributed by atoms with Gasteiger partial charge in [-0.2, -0.15) is 11.8 Å². The third-order valence-electron chi connectivity index (χ3n) is 2.47. The number of hydrogen-bond acceptors (Lipinski definition) is 3. The summed E-state index contributed by atoms with van der Waals surface area (Å²) in [5.41, 5.74) is 0.629. The molecule has 0 fully saturated rings. The summed E-state index contributed by atoms with van der Waals surface area (Å²) in [6.07, 6.45) is 1.99. The summed E-state index contributed by atoms with van der Waals surface area (Å²) < 4.78 is 13.5. The zero-order valence-corrected chi connectivity index (χ0v) is 11.1. The van der Waals surface area contributed by atoms with Crippen LogP contribution in [-0.4, -0.2) is 43.5 Å². The number of para-hydroxylation sites is 1. The van der Waals surface area contributed by atoms with Crippen molar-refractivity contribution in [3.63, 3.8) is 0 Å². The quantitative estimate of drug-likeness (QED) is 0.877. The smallest absolute Gasteiger partial charge is 0.255 e. The molecular weight excluding hydrogens is 239 g/mol. The molecule has 1 aromatic rings. The van der Waals surface area contributed by atoms with Gasteiger partial charge in [-0.3, -0.25) is 4.79 Å². The molecule has 17 heavy (non-hydrogen) atoms. The summed E-state index contributed by atoms with van der Waals surface area (Å²) in [4.78, 5) is 13.7. The van der Waals surface area contributed by atoms with Crippen LogP contribution in [0.25, 0.3) is 0 Å². The Hall–Kier alpha value is -1.23. The Morgan fingerprint density at radius 2 is 2.24 bits per heavy atom. The minimum absolute atomic E-state index is 0.164.